The summed E-state index contributed by atoms with van der Waals surface area (Å²) in [6.45, 7) is 0. The van der Waals surface area contributed by atoms with Gasteiger partial charge in [-0.15, -0.1) is 12.6 Å². The molecule has 3 N–H and O–H groups in total. The van der Waals surface area contributed by atoms with Crippen molar-refractivity contribution in [1.29, 1.82) is 0 Å². The maximum Gasteiger partial charge on any atom is 0.309 e. The van der Waals surface area contributed by atoms with Crippen LogP contribution in [0, 0.1) is 5.41 Å². The maximum absolute atomic E-state index is 11.2. The Labute approximate surface area is 100 Å². The van der Waals surface area contributed by atoms with Crippen molar-refractivity contribution in [2.24, 2.45) is 5.41 Å². The zero-order valence-corrected chi connectivity index (χ0v) is 9.83. The van der Waals surface area contributed by atoms with Crippen LogP contribution in [0.4, 0.5) is 5.69 Å². The number of rotatable bonds is 3. The van der Waals surface area contributed by atoms with Crippen molar-refractivity contribution < 1.29 is 9.90 Å². The normalized spacial score (nSPS) is 17.8. The third-order valence-corrected chi connectivity index (χ3v) is 3.79. The molecule has 3 nitrogen and oxygen atoms in total. The van der Waals surface area contributed by atoms with Crippen LogP contribution in [0.15, 0.2) is 23.1 Å². The smallest absolute Gasteiger partial charge is 0.309 e. The molecule has 0 radical (unpaired) electrons. The van der Waals surface area contributed by atoms with E-state index in [1.54, 1.807) is 6.07 Å². The summed E-state index contributed by atoms with van der Waals surface area (Å²) in [6, 6.07) is 5.53. The predicted molar refractivity (Wildman–Crippen MR) is 65.7 cm³/mol. The summed E-state index contributed by atoms with van der Waals surface area (Å²) in [4.78, 5) is 11.9. The second-order valence-corrected chi connectivity index (χ2v) is 4.99. The van der Waals surface area contributed by atoms with E-state index in [2.05, 4.69) is 12.6 Å². The number of anilines is 1. The zero-order chi connectivity index (χ0) is 11.8. The molecule has 0 aliphatic heterocycles. The van der Waals surface area contributed by atoms with Crippen LogP contribution in [-0.2, 0) is 11.2 Å². The summed E-state index contributed by atoms with van der Waals surface area (Å²) in [5.41, 5.74) is 6.75. The Morgan fingerprint density at radius 2 is 2.19 bits per heavy atom. The van der Waals surface area contributed by atoms with Crippen molar-refractivity contribution in [2.45, 2.75) is 30.6 Å². The lowest BCUT2D eigenvalue weighted by atomic mass is 9.65. The van der Waals surface area contributed by atoms with E-state index >= 15 is 0 Å². The minimum Gasteiger partial charge on any atom is -0.481 e. The van der Waals surface area contributed by atoms with Gasteiger partial charge in [0.05, 0.1) is 5.41 Å². The fraction of sp³-hybridized carbons (Fsp3) is 0.417. The standard InChI is InChI=1S/C12H15NO2S/c13-9-3-2-8(6-10(9)16)7-12(11(14)15)4-1-5-12/h2-3,6,16H,1,4-5,7,13H2,(H,14,15). The van der Waals surface area contributed by atoms with Crippen molar-refractivity contribution in [3.8, 4) is 0 Å². The van der Waals surface area contributed by atoms with E-state index in [1.165, 1.54) is 0 Å². The molecule has 0 atom stereocenters. The Balaban J connectivity index is 2.20. The molecule has 0 spiro atoms. The molecule has 0 bridgehead atoms. The average Bonchev–Trinajstić information content (AvgIpc) is 2.16. The molecule has 1 fully saturated rings. The summed E-state index contributed by atoms with van der Waals surface area (Å²) in [7, 11) is 0. The van der Waals surface area contributed by atoms with Crippen LogP contribution in [0.1, 0.15) is 24.8 Å². The number of carboxylic acids is 1. The molecular weight excluding hydrogens is 222 g/mol. The third kappa shape index (κ3) is 1.89. The molecule has 0 heterocycles. The van der Waals surface area contributed by atoms with Crippen LogP contribution in [0.25, 0.3) is 0 Å². The molecule has 0 unspecified atom stereocenters. The lowest BCUT2D eigenvalue weighted by Crippen LogP contribution is -2.39. The van der Waals surface area contributed by atoms with Crippen LogP contribution in [0.2, 0.25) is 0 Å². The predicted octanol–water partition coefficient (Wildman–Crippen LogP) is 2.35. The molecule has 1 aromatic carbocycles. The van der Waals surface area contributed by atoms with Gasteiger partial charge in [-0.1, -0.05) is 12.5 Å². The van der Waals surface area contributed by atoms with E-state index in [4.69, 9.17) is 5.73 Å². The van der Waals surface area contributed by atoms with Gasteiger partial charge in [-0.2, -0.15) is 0 Å². The Kier molecular flexibility index (Phi) is 2.84. The number of aliphatic carboxylic acids is 1. The number of nitrogens with two attached hydrogens (primary N) is 1. The van der Waals surface area contributed by atoms with Gasteiger partial charge in [0.15, 0.2) is 0 Å². The third-order valence-electron chi connectivity index (χ3n) is 3.40. The summed E-state index contributed by atoms with van der Waals surface area (Å²) in [5.74, 6) is -0.684. The molecule has 1 aliphatic carbocycles. The van der Waals surface area contributed by atoms with Crippen molar-refractivity contribution in [1.82, 2.24) is 0 Å². The molecular formula is C12H15NO2S. The van der Waals surface area contributed by atoms with Gasteiger partial charge in [0, 0.05) is 10.6 Å². The highest BCUT2D eigenvalue weighted by atomic mass is 32.1. The van der Waals surface area contributed by atoms with Gasteiger partial charge in [-0.05, 0) is 37.0 Å². The average molecular weight is 237 g/mol. The molecule has 0 aromatic heterocycles. The SMILES string of the molecule is Nc1ccc(CC2(C(=O)O)CCC2)cc1S. The molecule has 86 valence electrons. The van der Waals surface area contributed by atoms with Crippen LogP contribution < -0.4 is 5.73 Å². The van der Waals surface area contributed by atoms with Crippen molar-refractivity contribution in [2.75, 3.05) is 5.73 Å². The quantitative estimate of drug-likeness (QED) is 0.558. The number of nitrogen functional groups attached to an aromatic ring is 1. The number of carboxylic acid groups (broad SMARTS) is 1. The largest absolute Gasteiger partial charge is 0.481 e. The first-order valence-electron chi connectivity index (χ1n) is 5.34. The number of hydrogen-bond acceptors (Lipinski definition) is 3. The Morgan fingerprint density at radius 1 is 1.50 bits per heavy atom. The first kappa shape index (κ1) is 11.3. The van der Waals surface area contributed by atoms with Crippen LogP contribution in [0.5, 0.6) is 0 Å². The minimum absolute atomic E-state index is 0.545. The fourth-order valence-corrected chi connectivity index (χ4v) is 2.40. The summed E-state index contributed by atoms with van der Waals surface area (Å²) < 4.78 is 0. The van der Waals surface area contributed by atoms with Gasteiger partial charge >= 0.3 is 5.97 Å². The number of benzene rings is 1. The Hall–Kier alpha value is -1.16. The first-order chi connectivity index (χ1) is 7.53. The monoisotopic (exact) mass is 237 g/mol. The van der Waals surface area contributed by atoms with E-state index in [1.807, 2.05) is 12.1 Å². The zero-order valence-electron chi connectivity index (χ0n) is 8.94. The highest BCUT2D eigenvalue weighted by Gasteiger charge is 2.44. The van der Waals surface area contributed by atoms with Crippen LogP contribution >= 0.6 is 12.6 Å². The molecule has 1 aliphatic rings. The highest BCUT2D eigenvalue weighted by Crippen LogP contribution is 2.44. The number of carbonyl (C=O) groups is 1. The maximum atomic E-state index is 11.2. The number of hydrogen-bond donors (Lipinski definition) is 3. The van der Waals surface area contributed by atoms with Gasteiger partial charge in [-0.3, -0.25) is 4.79 Å². The van der Waals surface area contributed by atoms with Gasteiger partial charge in [0.25, 0.3) is 0 Å². The summed E-state index contributed by atoms with van der Waals surface area (Å²) in [6.07, 6.45) is 3.13. The molecule has 0 amide bonds. The molecule has 1 aromatic rings. The lowest BCUT2D eigenvalue weighted by Gasteiger charge is -2.37. The van der Waals surface area contributed by atoms with E-state index in [-0.39, 0.29) is 0 Å². The topological polar surface area (TPSA) is 63.3 Å². The summed E-state index contributed by atoms with van der Waals surface area (Å²) >= 11 is 4.24. The molecule has 4 heteroatoms. The van der Waals surface area contributed by atoms with Gasteiger partial charge in [-0.25, -0.2) is 0 Å². The van der Waals surface area contributed by atoms with Gasteiger partial charge in [0.2, 0.25) is 0 Å². The second kappa shape index (κ2) is 4.01. The Bertz CT molecular complexity index is 427. The number of thiol groups is 1. The van der Waals surface area contributed by atoms with Gasteiger partial charge < -0.3 is 10.8 Å². The van der Waals surface area contributed by atoms with E-state index in [9.17, 15) is 9.90 Å². The van der Waals surface area contributed by atoms with E-state index in [0.29, 0.717) is 12.1 Å². The lowest BCUT2D eigenvalue weighted by molar-refractivity contribution is -0.154. The van der Waals surface area contributed by atoms with Crippen LogP contribution in [0.3, 0.4) is 0 Å². The Morgan fingerprint density at radius 3 is 2.62 bits per heavy atom. The fourth-order valence-electron chi connectivity index (χ4n) is 2.16. The van der Waals surface area contributed by atoms with Gasteiger partial charge in [0.1, 0.15) is 0 Å². The summed E-state index contributed by atoms with van der Waals surface area (Å²) in [5, 5.41) is 9.23. The molecule has 16 heavy (non-hydrogen) atoms. The highest BCUT2D eigenvalue weighted by molar-refractivity contribution is 7.80. The van der Waals surface area contributed by atoms with Crippen molar-refractivity contribution in [3.63, 3.8) is 0 Å². The molecule has 1 saturated carbocycles. The van der Waals surface area contributed by atoms with Crippen molar-refractivity contribution >= 4 is 24.3 Å². The first-order valence-corrected chi connectivity index (χ1v) is 5.79. The van der Waals surface area contributed by atoms with E-state index in [0.717, 1.165) is 29.7 Å². The van der Waals surface area contributed by atoms with Crippen molar-refractivity contribution in [3.05, 3.63) is 23.8 Å². The molecule has 0 saturated heterocycles. The minimum atomic E-state index is -0.684. The van der Waals surface area contributed by atoms with Crippen LogP contribution in [-0.4, -0.2) is 11.1 Å². The van der Waals surface area contributed by atoms with E-state index < -0.39 is 11.4 Å². The second-order valence-electron chi connectivity index (χ2n) is 4.51. The molecule has 2 rings (SSSR count).